The van der Waals surface area contributed by atoms with E-state index in [-0.39, 0.29) is 11.8 Å². The highest BCUT2D eigenvalue weighted by Crippen LogP contribution is 2.42. The largest absolute Gasteiger partial charge is 0.496 e. The van der Waals surface area contributed by atoms with Gasteiger partial charge >= 0.3 is 0 Å². The molecule has 5 rings (SSSR count). The molecular weight excluding hydrogens is 574 g/mol. The van der Waals surface area contributed by atoms with Crippen molar-refractivity contribution in [1.29, 1.82) is 0 Å². The van der Waals surface area contributed by atoms with E-state index >= 15 is 0 Å². The van der Waals surface area contributed by atoms with Crippen molar-refractivity contribution in [3.63, 3.8) is 0 Å². The van der Waals surface area contributed by atoms with Crippen LogP contribution in [-0.4, -0.2) is 48.2 Å². The Labute approximate surface area is 242 Å². The predicted octanol–water partition coefficient (Wildman–Crippen LogP) is 5.45. The fourth-order valence-corrected chi connectivity index (χ4v) is 5.82. The van der Waals surface area contributed by atoms with Crippen LogP contribution >= 0.6 is 15.9 Å². The monoisotopic (exact) mass is 605 g/mol. The number of aliphatic hydroxyl groups is 1. The lowest BCUT2D eigenvalue weighted by Gasteiger charge is -2.41. The number of aliphatic hydroxyl groups excluding tert-OH is 1. The van der Waals surface area contributed by atoms with Gasteiger partial charge in [0.25, 0.3) is 5.91 Å². The number of fused-ring (bicyclic) bond motifs is 1. The summed E-state index contributed by atoms with van der Waals surface area (Å²) in [6, 6.07) is 18.7. The normalized spacial score (nSPS) is 21.5. The Morgan fingerprint density at radius 3 is 2.20 bits per heavy atom. The number of imide groups is 1. The molecule has 0 aromatic heterocycles. The number of carbonyl (C=O) groups excluding carboxylic acids is 2. The van der Waals surface area contributed by atoms with Gasteiger partial charge in [0.2, 0.25) is 5.91 Å². The van der Waals surface area contributed by atoms with Crippen LogP contribution in [0.3, 0.4) is 0 Å². The summed E-state index contributed by atoms with van der Waals surface area (Å²) >= 11 is 3.50. The van der Waals surface area contributed by atoms with Crippen LogP contribution in [0.2, 0.25) is 0 Å². The smallest absolute Gasteiger partial charge is 0.254 e. The minimum atomic E-state index is -1.12. The Balaban J connectivity index is 1.57. The predicted molar refractivity (Wildman–Crippen MR) is 157 cm³/mol. The van der Waals surface area contributed by atoms with Gasteiger partial charge in [-0.15, -0.1) is 0 Å². The molecule has 4 atom stereocenters. The second-order valence-corrected chi connectivity index (χ2v) is 11.0. The van der Waals surface area contributed by atoms with E-state index in [0.29, 0.717) is 33.1 Å². The van der Waals surface area contributed by atoms with E-state index < -0.39 is 24.1 Å². The molecule has 208 valence electrons. The van der Waals surface area contributed by atoms with Crippen molar-refractivity contribution in [3.8, 4) is 11.5 Å². The number of rotatable bonds is 8. The molecule has 0 saturated carbocycles. The van der Waals surface area contributed by atoms with Crippen LogP contribution in [0, 0.1) is 5.92 Å². The lowest BCUT2D eigenvalue weighted by molar-refractivity contribution is -0.123. The lowest BCUT2D eigenvalue weighted by Crippen LogP contribution is -2.55. The molecule has 3 aromatic rings. The molecule has 1 saturated heterocycles. The molecule has 0 bridgehead atoms. The van der Waals surface area contributed by atoms with Gasteiger partial charge in [0, 0.05) is 17.3 Å². The van der Waals surface area contributed by atoms with Crippen molar-refractivity contribution < 1.29 is 24.2 Å². The maximum atomic E-state index is 13.9. The van der Waals surface area contributed by atoms with E-state index in [4.69, 9.17) is 9.47 Å². The first kappa shape index (κ1) is 27.9. The van der Waals surface area contributed by atoms with Crippen molar-refractivity contribution in [2.75, 3.05) is 24.5 Å². The number of benzene rings is 3. The molecule has 2 heterocycles. The SMILES string of the molecule is COc1cc(OC)c(C(O)C2C=CC3C(=O)N(c4ccccc4)C(=O)C3N2Nc2ccc(C(C)C)cc2)cc1Br. The van der Waals surface area contributed by atoms with E-state index in [1.807, 2.05) is 30.3 Å². The van der Waals surface area contributed by atoms with Crippen LogP contribution in [0.25, 0.3) is 0 Å². The van der Waals surface area contributed by atoms with Crippen LogP contribution < -0.4 is 19.8 Å². The zero-order valence-electron chi connectivity index (χ0n) is 22.7. The van der Waals surface area contributed by atoms with Crippen molar-refractivity contribution >= 4 is 39.1 Å². The maximum absolute atomic E-state index is 13.9. The van der Waals surface area contributed by atoms with Crippen molar-refractivity contribution in [2.45, 2.75) is 38.0 Å². The van der Waals surface area contributed by atoms with Gasteiger partial charge in [-0.05, 0) is 57.7 Å². The summed E-state index contributed by atoms with van der Waals surface area (Å²) in [5, 5.41) is 13.5. The minimum Gasteiger partial charge on any atom is -0.496 e. The van der Waals surface area contributed by atoms with Crippen molar-refractivity contribution in [2.24, 2.45) is 5.92 Å². The number of hydrogen-bond donors (Lipinski definition) is 2. The number of anilines is 2. The van der Waals surface area contributed by atoms with E-state index in [1.165, 1.54) is 17.6 Å². The minimum absolute atomic E-state index is 0.308. The maximum Gasteiger partial charge on any atom is 0.254 e. The Kier molecular flexibility index (Phi) is 7.98. The average Bonchev–Trinajstić information content (AvgIpc) is 3.22. The molecule has 2 amide bonds. The van der Waals surface area contributed by atoms with Crippen LogP contribution in [0.4, 0.5) is 11.4 Å². The summed E-state index contributed by atoms with van der Waals surface area (Å²) < 4.78 is 11.6. The van der Waals surface area contributed by atoms with Crippen molar-refractivity contribution in [1.82, 2.24) is 5.01 Å². The highest BCUT2D eigenvalue weighted by atomic mass is 79.9. The molecule has 0 spiro atoms. The molecule has 1 fully saturated rings. The number of carbonyl (C=O) groups is 2. The highest BCUT2D eigenvalue weighted by Gasteiger charge is 2.54. The van der Waals surface area contributed by atoms with Gasteiger partial charge in [-0.3, -0.25) is 9.59 Å². The number of amides is 2. The third-order valence-electron chi connectivity index (χ3n) is 7.45. The number of nitrogens with zero attached hydrogens (tertiary/aromatic N) is 2. The molecule has 4 unspecified atom stereocenters. The van der Waals surface area contributed by atoms with E-state index in [2.05, 4.69) is 35.2 Å². The third kappa shape index (κ3) is 5.00. The Morgan fingerprint density at radius 2 is 1.57 bits per heavy atom. The second-order valence-electron chi connectivity index (χ2n) is 10.2. The number of para-hydroxylation sites is 1. The van der Waals surface area contributed by atoms with E-state index in [0.717, 1.165) is 5.69 Å². The Bertz CT molecular complexity index is 1430. The lowest BCUT2D eigenvalue weighted by atomic mass is 9.90. The first-order valence-electron chi connectivity index (χ1n) is 13.1. The molecule has 8 nitrogen and oxygen atoms in total. The van der Waals surface area contributed by atoms with Gasteiger partial charge in [0.05, 0.1) is 36.3 Å². The van der Waals surface area contributed by atoms with Gasteiger partial charge in [-0.1, -0.05) is 56.3 Å². The zero-order valence-corrected chi connectivity index (χ0v) is 24.3. The number of nitrogens with one attached hydrogen (secondary N) is 1. The molecule has 0 aliphatic carbocycles. The number of ether oxygens (including phenoxy) is 2. The summed E-state index contributed by atoms with van der Waals surface area (Å²) in [6.07, 6.45) is 2.39. The van der Waals surface area contributed by atoms with Crippen LogP contribution in [0.15, 0.2) is 83.4 Å². The van der Waals surface area contributed by atoms with E-state index in [1.54, 1.807) is 60.7 Å². The second kappa shape index (κ2) is 11.4. The molecule has 0 radical (unpaired) electrons. The fourth-order valence-electron chi connectivity index (χ4n) is 5.29. The molecule has 9 heteroatoms. The first-order valence-corrected chi connectivity index (χ1v) is 13.9. The Hall–Kier alpha value is -3.66. The van der Waals surface area contributed by atoms with E-state index in [9.17, 15) is 14.7 Å². The Morgan fingerprint density at radius 1 is 0.900 bits per heavy atom. The summed E-state index contributed by atoms with van der Waals surface area (Å²) in [5.74, 6) is -0.0381. The van der Waals surface area contributed by atoms with Crippen molar-refractivity contribution in [3.05, 3.63) is 94.5 Å². The number of hydrazine groups is 1. The standard InChI is InChI=1S/C31H32BrN3O5/c1-18(2)19-10-12-20(13-11-19)33-35-25(29(36)23-16-24(32)27(40-4)17-26(23)39-3)15-14-22-28(35)31(38)34(30(22)37)21-8-6-5-7-9-21/h5-18,22,25,28-29,33,36H,1-4H3. The van der Waals surface area contributed by atoms with Gasteiger partial charge < -0.3 is 20.0 Å². The highest BCUT2D eigenvalue weighted by molar-refractivity contribution is 9.10. The first-order chi connectivity index (χ1) is 19.2. The topological polar surface area (TPSA) is 91.3 Å². The summed E-state index contributed by atoms with van der Waals surface area (Å²) in [7, 11) is 3.08. The fraction of sp³-hybridized carbons (Fsp3) is 0.290. The summed E-state index contributed by atoms with van der Waals surface area (Å²) in [5.41, 5.74) is 6.29. The molecular formula is C31H32BrN3O5. The van der Waals surface area contributed by atoms with Gasteiger partial charge in [-0.2, -0.15) is 0 Å². The van der Waals surface area contributed by atoms with Gasteiger partial charge in [0.1, 0.15) is 23.6 Å². The average molecular weight is 607 g/mol. The van der Waals surface area contributed by atoms with Crippen LogP contribution in [0.5, 0.6) is 11.5 Å². The van der Waals surface area contributed by atoms with Crippen LogP contribution in [0.1, 0.15) is 37.0 Å². The third-order valence-corrected chi connectivity index (χ3v) is 8.07. The summed E-state index contributed by atoms with van der Waals surface area (Å²) in [4.78, 5) is 28.7. The summed E-state index contributed by atoms with van der Waals surface area (Å²) in [6.45, 7) is 4.24. The molecule has 2 N–H and O–H groups in total. The molecule has 2 aliphatic heterocycles. The molecule has 3 aromatic carbocycles. The van der Waals surface area contributed by atoms with Gasteiger partial charge in [-0.25, -0.2) is 9.91 Å². The van der Waals surface area contributed by atoms with Gasteiger partial charge in [0.15, 0.2) is 0 Å². The molecule has 2 aliphatic rings. The quantitative estimate of drug-likeness (QED) is 0.261. The van der Waals surface area contributed by atoms with Crippen LogP contribution in [-0.2, 0) is 9.59 Å². The number of methoxy groups -OCH3 is 2. The number of halogens is 1. The molecule has 40 heavy (non-hydrogen) atoms. The number of hydrogen-bond acceptors (Lipinski definition) is 7. The zero-order chi connectivity index (χ0) is 28.6.